The van der Waals surface area contributed by atoms with Gasteiger partial charge < -0.3 is 9.30 Å². The van der Waals surface area contributed by atoms with E-state index in [1.165, 1.54) is 13.3 Å². The van der Waals surface area contributed by atoms with Gasteiger partial charge in [0.15, 0.2) is 11.2 Å². The minimum Gasteiger partial charge on any atom is -0.488 e. The summed E-state index contributed by atoms with van der Waals surface area (Å²) in [6.45, 7) is 8.64. The first kappa shape index (κ1) is 19.1. The molecule has 2 aliphatic rings. The highest BCUT2D eigenvalue weighted by atomic mass is 16.5. The quantitative estimate of drug-likeness (QED) is 0.598. The Kier molecular flexibility index (Phi) is 4.17. The van der Waals surface area contributed by atoms with Crippen molar-refractivity contribution in [2.45, 2.75) is 65.6 Å². The maximum atomic E-state index is 12.7. The van der Waals surface area contributed by atoms with Crippen LogP contribution in [0.25, 0.3) is 22.3 Å². The molecule has 2 aromatic heterocycles. The van der Waals surface area contributed by atoms with Crippen LogP contribution in [0.2, 0.25) is 0 Å². The lowest BCUT2D eigenvalue weighted by atomic mass is 9.84. The SMILES string of the molecule is CC(=O)c1cn2c(cc1=O)-c1c3cccc(OC4CCC4)c3nn1CC2C(C)(C)C. The van der Waals surface area contributed by atoms with Crippen LogP contribution in [0.4, 0.5) is 0 Å². The van der Waals surface area contributed by atoms with Gasteiger partial charge in [0.05, 0.1) is 35.6 Å². The van der Waals surface area contributed by atoms with Crippen molar-refractivity contribution in [2.24, 2.45) is 5.41 Å². The number of ether oxygens (including phenoxy) is 1. The van der Waals surface area contributed by atoms with Gasteiger partial charge >= 0.3 is 0 Å². The molecule has 1 saturated carbocycles. The summed E-state index contributed by atoms with van der Waals surface area (Å²) in [5.74, 6) is 0.601. The van der Waals surface area contributed by atoms with Gasteiger partial charge in [-0.15, -0.1) is 0 Å². The first-order valence-corrected chi connectivity index (χ1v) is 10.7. The van der Waals surface area contributed by atoms with Gasteiger partial charge in [0, 0.05) is 17.6 Å². The van der Waals surface area contributed by atoms with E-state index >= 15 is 0 Å². The van der Waals surface area contributed by atoms with Crippen LogP contribution in [-0.2, 0) is 6.54 Å². The molecule has 3 aromatic rings. The van der Waals surface area contributed by atoms with Gasteiger partial charge in [-0.3, -0.25) is 14.3 Å². The van der Waals surface area contributed by atoms with Crippen molar-refractivity contribution in [1.29, 1.82) is 0 Å². The minimum absolute atomic E-state index is 0.0593. The first-order valence-electron chi connectivity index (χ1n) is 10.7. The van der Waals surface area contributed by atoms with Gasteiger partial charge in [-0.05, 0) is 37.7 Å². The van der Waals surface area contributed by atoms with Gasteiger partial charge in [-0.25, -0.2) is 0 Å². The molecule has 3 heterocycles. The third-order valence-corrected chi connectivity index (χ3v) is 6.46. The average Bonchev–Trinajstić information content (AvgIpc) is 3.02. The molecule has 6 heteroatoms. The summed E-state index contributed by atoms with van der Waals surface area (Å²) >= 11 is 0. The third kappa shape index (κ3) is 2.89. The average molecular weight is 405 g/mol. The second-order valence-corrected chi connectivity index (χ2v) is 9.64. The first-order chi connectivity index (χ1) is 14.2. The van der Waals surface area contributed by atoms with Crippen LogP contribution in [-0.4, -0.2) is 26.2 Å². The van der Waals surface area contributed by atoms with Crippen LogP contribution in [0.15, 0.2) is 35.3 Å². The zero-order chi connectivity index (χ0) is 21.2. The minimum atomic E-state index is -0.244. The summed E-state index contributed by atoms with van der Waals surface area (Å²) in [5, 5.41) is 5.90. The molecule has 1 aromatic carbocycles. The van der Waals surface area contributed by atoms with Crippen molar-refractivity contribution in [3.05, 3.63) is 46.2 Å². The number of nitrogens with zero attached hydrogens (tertiary/aromatic N) is 3. The van der Waals surface area contributed by atoms with E-state index in [2.05, 4.69) is 25.3 Å². The molecule has 0 radical (unpaired) electrons. The highest BCUT2D eigenvalue weighted by Crippen LogP contribution is 2.43. The number of pyridine rings is 1. The Balaban J connectivity index is 1.75. The lowest BCUT2D eigenvalue weighted by Crippen LogP contribution is -2.35. The molecule has 1 atom stereocenters. The number of hydrogen-bond donors (Lipinski definition) is 0. The van der Waals surface area contributed by atoms with Crippen molar-refractivity contribution in [1.82, 2.24) is 14.3 Å². The summed E-state index contributed by atoms with van der Waals surface area (Å²) in [6, 6.07) is 7.66. The number of aromatic nitrogens is 3. The summed E-state index contributed by atoms with van der Waals surface area (Å²) in [5.41, 5.74) is 2.46. The Labute approximate surface area is 175 Å². The van der Waals surface area contributed by atoms with Gasteiger partial charge in [-0.2, -0.15) is 5.10 Å². The second kappa shape index (κ2) is 6.56. The molecule has 0 amide bonds. The van der Waals surface area contributed by atoms with Crippen molar-refractivity contribution >= 4 is 16.7 Å². The summed E-state index contributed by atoms with van der Waals surface area (Å²) in [6.07, 6.45) is 5.39. The van der Waals surface area contributed by atoms with Crippen molar-refractivity contribution in [3.63, 3.8) is 0 Å². The van der Waals surface area contributed by atoms with Gasteiger partial charge in [0.1, 0.15) is 11.3 Å². The smallest absolute Gasteiger partial charge is 0.193 e. The predicted octanol–water partition coefficient (Wildman–Crippen LogP) is 4.60. The number of ketones is 1. The zero-order valence-corrected chi connectivity index (χ0v) is 17.9. The monoisotopic (exact) mass is 405 g/mol. The zero-order valence-electron chi connectivity index (χ0n) is 17.9. The highest BCUT2D eigenvalue weighted by molar-refractivity contribution is 5.97. The molecule has 1 fully saturated rings. The van der Waals surface area contributed by atoms with Crippen LogP contribution in [0, 0.1) is 5.41 Å². The van der Waals surface area contributed by atoms with E-state index in [0.717, 1.165) is 40.9 Å². The maximum absolute atomic E-state index is 12.7. The molecule has 156 valence electrons. The van der Waals surface area contributed by atoms with Gasteiger partial charge in [0.25, 0.3) is 0 Å². The van der Waals surface area contributed by atoms with Crippen LogP contribution in [0.1, 0.15) is 63.4 Å². The molecule has 0 N–H and O–H groups in total. The van der Waals surface area contributed by atoms with Crippen LogP contribution in [0.3, 0.4) is 0 Å². The molecule has 0 saturated heterocycles. The fraction of sp³-hybridized carbons (Fsp3) is 0.458. The molecular formula is C24H27N3O3. The molecule has 30 heavy (non-hydrogen) atoms. The Morgan fingerprint density at radius 2 is 2.00 bits per heavy atom. The van der Waals surface area contributed by atoms with Crippen molar-refractivity contribution < 1.29 is 9.53 Å². The standard InChI is InChI=1S/C24H27N3O3/c1-14(28)17-12-26-18(11-19(17)29)23-16-9-6-10-20(30-15-7-5-8-15)22(16)25-27(23)13-21(26)24(2,3)4/h6,9-12,15,21H,5,7-8,13H2,1-4H3. The molecule has 1 unspecified atom stereocenters. The van der Waals surface area contributed by atoms with E-state index in [4.69, 9.17) is 9.84 Å². The lowest BCUT2D eigenvalue weighted by molar-refractivity contribution is 0.101. The van der Waals surface area contributed by atoms with Crippen LogP contribution in [0.5, 0.6) is 5.75 Å². The van der Waals surface area contributed by atoms with Crippen molar-refractivity contribution in [2.75, 3.05) is 0 Å². The normalized spacial score (nSPS) is 18.6. The van der Waals surface area contributed by atoms with Crippen molar-refractivity contribution in [3.8, 4) is 17.1 Å². The topological polar surface area (TPSA) is 66.1 Å². The molecule has 0 spiro atoms. The van der Waals surface area contributed by atoms with E-state index in [1.54, 1.807) is 12.3 Å². The summed E-state index contributed by atoms with van der Waals surface area (Å²) in [7, 11) is 0. The predicted molar refractivity (Wildman–Crippen MR) is 116 cm³/mol. The Bertz CT molecular complexity index is 1220. The number of benzene rings is 1. The van der Waals surface area contributed by atoms with E-state index in [1.807, 2.05) is 22.9 Å². The number of fused-ring (bicyclic) bond motifs is 5. The number of carbonyl (C=O) groups excluding carboxylic acids is 1. The molecular weight excluding hydrogens is 378 g/mol. The molecule has 6 nitrogen and oxygen atoms in total. The van der Waals surface area contributed by atoms with E-state index in [9.17, 15) is 9.59 Å². The van der Waals surface area contributed by atoms with E-state index in [-0.39, 0.29) is 34.3 Å². The Morgan fingerprint density at radius 1 is 1.23 bits per heavy atom. The molecule has 1 aliphatic heterocycles. The van der Waals surface area contributed by atoms with Crippen LogP contribution >= 0.6 is 0 Å². The van der Waals surface area contributed by atoms with Gasteiger partial charge in [0.2, 0.25) is 0 Å². The number of Topliss-reactive ketones (excluding diaryl/α,β-unsaturated/α-hetero) is 1. The van der Waals surface area contributed by atoms with E-state index < -0.39 is 0 Å². The summed E-state index contributed by atoms with van der Waals surface area (Å²) in [4.78, 5) is 24.8. The second-order valence-electron chi connectivity index (χ2n) is 9.64. The molecule has 1 aliphatic carbocycles. The Hall–Kier alpha value is -2.89. The number of rotatable bonds is 3. The number of hydrogen-bond acceptors (Lipinski definition) is 4. The third-order valence-electron chi connectivity index (χ3n) is 6.46. The summed E-state index contributed by atoms with van der Waals surface area (Å²) < 4.78 is 10.3. The Morgan fingerprint density at radius 3 is 2.63 bits per heavy atom. The maximum Gasteiger partial charge on any atom is 0.193 e. The number of carbonyl (C=O) groups is 1. The molecule has 0 bridgehead atoms. The van der Waals surface area contributed by atoms with E-state index in [0.29, 0.717) is 6.54 Å². The largest absolute Gasteiger partial charge is 0.488 e. The highest BCUT2D eigenvalue weighted by Gasteiger charge is 2.35. The van der Waals surface area contributed by atoms with Crippen LogP contribution < -0.4 is 10.2 Å². The lowest BCUT2D eigenvalue weighted by Gasteiger charge is -2.38. The van der Waals surface area contributed by atoms with Gasteiger partial charge in [-0.1, -0.05) is 32.9 Å². The fourth-order valence-corrected chi connectivity index (χ4v) is 4.50. The molecule has 5 rings (SSSR count). The fourth-order valence-electron chi connectivity index (χ4n) is 4.50.